The fourth-order valence-corrected chi connectivity index (χ4v) is 3.90. The van der Waals surface area contributed by atoms with E-state index < -0.39 is 0 Å². The monoisotopic (exact) mass is 256 g/mol. The van der Waals surface area contributed by atoms with Crippen molar-refractivity contribution in [3.05, 3.63) is 41.0 Å². The Morgan fingerprint density at radius 1 is 0.833 bits per heavy atom. The number of fused-ring (bicyclic) bond motifs is 3. The first kappa shape index (κ1) is 11.5. The second-order valence-corrected chi connectivity index (χ2v) is 5.80. The molecule has 1 heterocycles. The molecule has 0 unspecified atom stereocenters. The van der Waals surface area contributed by atoms with Crippen LogP contribution in [0.5, 0.6) is 5.75 Å². The standard InChI is InChI=1S/C16H16OS/c1-9-5-7-12-13-8-6-10(2)14(17-4)16(13)18-15(12)11(9)3/h5-8H,1-4H3. The van der Waals surface area contributed by atoms with E-state index in [0.29, 0.717) is 0 Å². The van der Waals surface area contributed by atoms with Crippen LogP contribution in [0.1, 0.15) is 16.7 Å². The van der Waals surface area contributed by atoms with Crippen LogP contribution in [0.25, 0.3) is 20.2 Å². The Labute approximate surface area is 111 Å². The zero-order valence-electron chi connectivity index (χ0n) is 11.1. The molecule has 0 bridgehead atoms. The summed E-state index contributed by atoms with van der Waals surface area (Å²) in [5.41, 5.74) is 3.93. The molecular weight excluding hydrogens is 240 g/mol. The molecule has 3 rings (SSSR count). The summed E-state index contributed by atoms with van der Waals surface area (Å²) < 4.78 is 8.22. The molecule has 1 nitrogen and oxygen atoms in total. The van der Waals surface area contributed by atoms with Gasteiger partial charge >= 0.3 is 0 Å². The first-order chi connectivity index (χ1) is 8.63. The van der Waals surface area contributed by atoms with E-state index in [1.165, 1.54) is 36.9 Å². The minimum Gasteiger partial charge on any atom is -0.495 e. The van der Waals surface area contributed by atoms with Gasteiger partial charge in [0.1, 0.15) is 5.75 Å². The van der Waals surface area contributed by atoms with Gasteiger partial charge in [0.05, 0.1) is 11.8 Å². The van der Waals surface area contributed by atoms with Gasteiger partial charge in [0, 0.05) is 15.5 Å². The second-order valence-electron chi connectivity index (χ2n) is 4.78. The Hall–Kier alpha value is -1.54. The van der Waals surface area contributed by atoms with E-state index in [1.807, 2.05) is 11.3 Å². The topological polar surface area (TPSA) is 9.23 Å². The van der Waals surface area contributed by atoms with Crippen LogP contribution in [-0.2, 0) is 0 Å². The number of rotatable bonds is 1. The van der Waals surface area contributed by atoms with Gasteiger partial charge in [-0.15, -0.1) is 11.3 Å². The van der Waals surface area contributed by atoms with Gasteiger partial charge in [-0.1, -0.05) is 24.3 Å². The summed E-state index contributed by atoms with van der Waals surface area (Å²) in [5.74, 6) is 1.02. The van der Waals surface area contributed by atoms with Crippen molar-refractivity contribution in [2.45, 2.75) is 20.8 Å². The van der Waals surface area contributed by atoms with Gasteiger partial charge in [0.25, 0.3) is 0 Å². The largest absolute Gasteiger partial charge is 0.495 e. The predicted octanol–water partition coefficient (Wildman–Crippen LogP) is 4.99. The van der Waals surface area contributed by atoms with Crippen molar-refractivity contribution < 1.29 is 4.74 Å². The Morgan fingerprint density at radius 2 is 1.44 bits per heavy atom. The molecule has 0 aliphatic rings. The molecule has 92 valence electrons. The van der Waals surface area contributed by atoms with Crippen LogP contribution in [0.2, 0.25) is 0 Å². The number of thiophene rings is 1. The predicted molar refractivity (Wildman–Crippen MR) is 80.1 cm³/mol. The molecule has 2 heteroatoms. The number of hydrogen-bond donors (Lipinski definition) is 0. The first-order valence-corrected chi connectivity index (χ1v) is 6.91. The smallest absolute Gasteiger partial charge is 0.139 e. The lowest BCUT2D eigenvalue weighted by molar-refractivity contribution is 0.417. The van der Waals surface area contributed by atoms with Crippen molar-refractivity contribution in [3.8, 4) is 5.75 Å². The van der Waals surface area contributed by atoms with Crippen molar-refractivity contribution >= 4 is 31.5 Å². The van der Waals surface area contributed by atoms with Crippen LogP contribution in [-0.4, -0.2) is 7.11 Å². The van der Waals surface area contributed by atoms with Gasteiger partial charge < -0.3 is 4.74 Å². The molecule has 0 aliphatic carbocycles. The molecule has 1 aromatic heterocycles. The second kappa shape index (κ2) is 3.99. The van der Waals surface area contributed by atoms with E-state index in [2.05, 4.69) is 45.0 Å². The molecule has 3 aromatic rings. The van der Waals surface area contributed by atoms with Gasteiger partial charge in [-0.05, 0) is 37.5 Å². The van der Waals surface area contributed by atoms with Crippen LogP contribution >= 0.6 is 11.3 Å². The SMILES string of the molecule is COc1c(C)ccc2c1sc1c(C)c(C)ccc12. The van der Waals surface area contributed by atoms with Gasteiger partial charge in [-0.2, -0.15) is 0 Å². The fraction of sp³-hybridized carbons (Fsp3) is 0.250. The maximum Gasteiger partial charge on any atom is 0.139 e. The summed E-state index contributed by atoms with van der Waals surface area (Å²) in [6.45, 7) is 6.47. The van der Waals surface area contributed by atoms with E-state index in [0.717, 1.165) is 5.75 Å². The van der Waals surface area contributed by atoms with Gasteiger partial charge in [0.15, 0.2) is 0 Å². The molecule has 0 N–H and O–H groups in total. The van der Waals surface area contributed by atoms with Crippen molar-refractivity contribution in [3.63, 3.8) is 0 Å². The maximum atomic E-state index is 5.57. The first-order valence-electron chi connectivity index (χ1n) is 6.09. The molecule has 0 aliphatic heterocycles. The van der Waals surface area contributed by atoms with Crippen molar-refractivity contribution in [1.29, 1.82) is 0 Å². The van der Waals surface area contributed by atoms with E-state index in [-0.39, 0.29) is 0 Å². The van der Waals surface area contributed by atoms with Crippen LogP contribution in [0, 0.1) is 20.8 Å². The number of aryl methyl sites for hydroxylation is 3. The molecule has 0 saturated heterocycles. The third-order valence-corrected chi connectivity index (χ3v) is 5.02. The zero-order chi connectivity index (χ0) is 12.9. The maximum absolute atomic E-state index is 5.57. The normalized spacial score (nSPS) is 11.3. The Balaban J connectivity index is 2.54. The Morgan fingerprint density at radius 3 is 2.11 bits per heavy atom. The molecule has 0 saturated carbocycles. The summed E-state index contributed by atoms with van der Waals surface area (Å²) in [6.07, 6.45) is 0. The number of methoxy groups -OCH3 is 1. The van der Waals surface area contributed by atoms with E-state index >= 15 is 0 Å². The number of ether oxygens (including phenoxy) is 1. The molecule has 0 fully saturated rings. The lowest BCUT2D eigenvalue weighted by Gasteiger charge is -2.04. The lowest BCUT2D eigenvalue weighted by atomic mass is 10.0. The Kier molecular flexibility index (Phi) is 2.56. The highest BCUT2D eigenvalue weighted by atomic mass is 32.1. The molecule has 18 heavy (non-hydrogen) atoms. The van der Waals surface area contributed by atoms with E-state index in [9.17, 15) is 0 Å². The van der Waals surface area contributed by atoms with E-state index in [4.69, 9.17) is 4.74 Å². The summed E-state index contributed by atoms with van der Waals surface area (Å²) in [5, 5.41) is 2.65. The quantitative estimate of drug-likeness (QED) is 0.596. The highest BCUT2D eigenvalue weighted by molar-refractivity contribution is 7.26. The molecular formula is C16H16OS. The van der Waals surface area contributed by atoms with Gasteiger partial charge in [0.2, 0.25) is 0 Å². The average Bonchev–Trinajstić information content (AvgIpc) is 2.73. The minimum atomic E-state index is 1.02. The van der Waals surface area contributed by atoms with Gasteiger partial charge in [-0.3, -0.25) is 0 Å². The third kappa shape index (κ3) is 1.45. The van der Waals surface area contributed by atoms with Crippen molar-refractivity contribution in [2.75, 3.05) is 7.11 Å². The average molecular weight is 256 g/mol. The number of benzene rings is 2. The molecule has 0 radical (unpaired) electrons. The molecule has 0 atom stereocenters. The number of hydrogen-bond acceptors (Lipinski definition) is 2. The molecule has 0 amide bonds. The minimum absolute atomic E-state index is 1.02. The van der Waals surface area contributed by atoms with Crippen LogP contribution in [0.3, 0.4) is 0 Å². The van der Waals surface area contributed by atoms with Crippen molar-refractivity contribution in [2.24, 2.45) is 0 Å². The van der Waals surface area contributed by atoms with Crippen molar-refractivity contribution in [1.82, 2.24) is 0 Å². The summed E-state index contributed by atoms with van der Waals surface area (Å²) in [7, 11) is 1.75. The molecule has 2 aromatic carbocycles. The van der Waals surface area contributed by atoms with Crippen LogP contribution < -0.4 is 4.74 Å². The van der Waals surface area contributed by atoms with Crippen LogP contribution in [0.4, 0.5) is 0 Å². The highest BCUT2D eigenvalue weighted by Gasteiger charge is 2.13. The van der Waals surface area contributed by atoms with E-state index in [1.54, 1.807) is 7.11 Å². The van der Waals surface area contributed by atoms with Crippen LogP contribution in [0.15, 0.2) is 24.3 Å². The lowest BCUT2D eigenvalue weighted by Crippen LogP contribution is -1.86. The molecule has 0 spiro atoms. The zero-order valence-corrected chi connectivity index (χ0v) is 11.9. The third-order valence-electron chi connectivity index (χ3n) is 3.68. The Bertz CT molecular complexity index is 753. The summed E-state index contributed by atoms with van der Waals surface area (Å²) in [6, 6.07) is 8.78. The summed E-state index contributed by atoms with van der Waals surface area (Å²) >= 11 is 1.84. The van der Waals surface area contributed by atoms with Gasteiger partial charge in [-0.25, -0.2) is 0 Å². The summed E-state index contributed by atoms with van der Waals surface area (Å²) in [4.78, 5) is 0. The highest BCUT2D eigenvalue weighted by Crippen LogP contribution is 2.42. The fourth-order valence-electron chi connectivity index (χ4n) is 2.46.